The fourth-order valence-corrected chi connectivity index (χ4v) is 4.60. The number of rotatable bonds is 6. The number of amides is 1. The Balaban J connectivity index is 1.57. The molecule has 10 heteroatoms. The van der Waals surface area contributed by atoms with E-state index in [9.17, 15) is 18.0 Å². The second kappa shape index (κ2) is 8.83. The van der Waals surface area contributed by atoms with Crippen molar-refractivity contribution in [2.45, 2.75) is 69.7 Å². The Hall–Kier alpha value is -0.940. The Morgan fingerprint density at radius 3 is 2.54 bits per heavy atom. The number of carbonyl (C=O) groups is 1. The predicted octanol–water partition coefficient (Wildman–Crippen LogP) is 0.203. The molecule has 7 nitrogen and oxygen atoms in total. The molecule has 0 aromatic heterocycles. The summed E-state index contributed by atoms with van der Waals surface area (Å²) in [5.41, 5.74) is -1.06. The van der Waals surface area contributed by atoms with Gasteiger partial charge in [0.25, 0.3) is 0 Å². The van der Waals surface area contributed by atoms with Gasteiger partial charge in [0.1, 0.15) is 6.54 Å². The Bertz CT molecular complexity index is 548. The number of fused-ring (bicyclic) bond motifs is 1. The van der Waals surface area contributed by atoms with Crippen LogP contribution in [-0.4, -0.2) is 62.3 Å². The fourth-order valence-electron chi connectivity index (χ4n) is 4.60. The molecule has 0 aromatic rings. The van der Waals surface area contributed by atoms with Crippen LogP contribution in [0.25, 0.3) is 0 Å². The van der Waals surface area contributed by atoms with Crippen LogP contribution in [0.5, 0.6) is 0 Å². The molecule has 0 radical (unpaired) electrons. The van der Waals surface area contributed by atoms with Crippen LogP contribution in [0.1, 0.15) is 39.5 Å². The first-order valence-electron chi connectivity index (χ1n) is 10.3. The Kier molecular flexibility index (Phi) is 6.86. The van der Waals surface area contributed by atoms with E-state index in [4.69, 9.17) is 0 Å². The molecule has 3 aliphatic rings. The third-order valence-electron chi connectivity index (χ3n) is 6.39. The van der Waals surface area contributed by atoms with Gasteiger partial charge in [0.2, 0.25) is 5.91 Å². The van der Waals surface area contributed by atoms with E-state index in [1.165, 1.54) is 12.8 Å². The summed E-state index contributed by atoms with van der Waals surface area (Å²) in [5.74, 6) is 0.350. The minimum absolute atomic E-state index is 0.105. The summed E-state index contributed by atoms with van der Waals surface area (Å²) in [6.07, 6.45) is -0.595. The maximum atomic E-state index is 12.5. The maximum absolute atomic E-state index is 12.5. The molecule has 3 aliphatic heterocycles. The van der Waals surface area contributed by atoms with Crippen LogP contribution in [0, 0.1) is 11.8 Å². The van der Waals surface area contributed by atoms with Crippen molar-refractivity contribution in [1.29, 1.82) is 0 Å². The first-order chi connectivity index (χ1) is 13.2. The number of nitrogens with one attached hydrogen (secondary N) is 6. The van der Waals surface area contributed by atoms with Crippen LogP contribution in [-0.2, 0) is 4.79 Å². The van der Waals surface area contributed by atoms with Crippen LogP contribution in [0.3, 0.4) is 0 Å². The number of hydrogen-bond donors (Lipinski definition) is 6. The average Bonchev–Trinajstić information content (AvgIpc) is 3.09. The molecule has 3 heterocycles. The lowest BCUT2D eigenvalue weighted by Gasteiger charge is -2.42. The van der Waals surface area contributed by atoms with Crippen LogP contribution >= 0.6 is 0 Å². The largest absolute Gasteiger partial charge is 0.405 e. The highest BCUT2D eigenvalue weighted by molar-refractivity contribution is 5.85. The van der Waals surface area contributed by atoms with Gasteiger partial charge in [-0.15, -0.1) is 0 Å². The molecule has 3 rings (SSSR count). The normalized spacial score (nSPS) is 35.8. The molecule has 0 spiro atoms. The average molecular weight is 406 g/mol. The molecular weight excluding hydrogens is 373 g/mol. The van der Waals surface area contributed by atoms with Crippen molar-refractivity contribution < 1.29 is 18.0 Å². The Morgan fingerprint density at radius 2 is 1.82 bits per heavy atom. The van der Waals surface area contributed by atoms with Crippen molar-refractivity contribution in [3.8, 4) is 0 Å². The number of hydrogen-bond acceptors (Lipinski definition) is 6. The van der Waals surface area contributed by atoms with Gasteiger partial charge >= 0.3 is 6.18 Å². The van der Waals surface area contributed by atoms with Crippen molar-refractivity contribution in [2.75, 3.05) is 26.2 Å². The summed E-state index contributed by atoms with van der Waals surface area (Å²) in [6, 6.07) is 0. The number of piperidine rings is 1. The van der Waals surface area contributed by atoms with Gasteiger partial charge in [-0.2, -0.15) is 13.2 Å². The van der Waals surface area contributed by atoms with E-state index >= 15 is 0 Å². The lowest BCUT2D eigenvalue weighted by atomic mass is 9.84. The van der Waals surface area contributed by atoms with E-state index < -0.39 is 24.2 Å². The van der Waals surface area contributed by atoms with E-state index in [2.05, 4.69) is 26.6 Å². The molecule has 0 bridgehead atoms. The molecule has 1 amide bonds. The zero-order valence-corrected chi connectivity index (χ0v) is 16.6. The van der Waals surface area contributed by atoms with Gasteiger partial charge in [-0.3, -0.25) is 15.4 Å². The molecule has 162 valence electrons. The second-order valence-electron chi connectivity index (χ2n) is 8.38. The summed E-state index contributed by atoms with van der Waals surface area (Å²) < 4.78 is 37.4. The SMILES string of the molecule is CCC(C)(NC1CCNC(C2CNC3NCCCC32)N1)C(=O)NCC(F)(F)F. The van der Waals surface area contributed by atoms with E-state index in [0.717, 1.165) is 26.1 Å². The lowest BCUT2D eigenvalue weighted by Crippen LogP contribution is -2.68. The molecule has 3 fully saturated rings. The first kappa shape index (κ1) is 21.8. The molecule has 3 saturated heterocycles. The summed E-state index contributed by atoms with van der Waals surface area (Å²) in [6.45, 7) is 4.90. The van der Waals surface area contributed by atoms with Gasteiger partial charge in [0.05, 0.1) is 24.0 Å². The molecule has 6 atom stereocenters. The van der Waals surface area contributed by atoms with Crippen molar-refractivity contribution in [3.05, 3.63) is 0 Å². The van der Waals surface area contributed by atoms with Crippen molar-refractivity contribution in [3.63, 3.8) is 0 Å². The minimum Gasteiger partial charge on any atom is -0.345 e. The zero-order valence-electron chi connectivity index (χ0n) is 16.6. The quantitative estimate of drug-likeness (QED) is 0.378. The smallest absolute Gasteiger partial charge is 0.345 e. The molecule has 0 aliphatic carbocycles. The highest BCUT2D eigenvalue weighted by atomic mass is 19.4. The van der Waals surface area contributed by atoms with Crippen molar-refractivity contribution >= 4 is 5.91 Å². The van der Waals surface area contributed by atoms with Gasteiger partial charge in [-0.1, -0.05) is 6.92 Å². The minimum atomic E-state index is -4.41. The third kappa shape index (κ3) is 5.15. The van der Waals surface area contributed by atoms with Crippen LogP contribution in [0.15, 0.2) is 0 Å². The first-order valence-corrected chi connectivity index (χ1v) is 10.3. The summed E-state index contributed by atoms with van der Waals surface area (Å²) in [4.78, 5) is 12.4. The van der Waals surface area contributed by atoms with E-state index in [1.807, 2.05) is 5.32 Å². The molecule has 0 aromatic carbocycles. The van der Waals surface area contributed by atoms with Crippen molar-refractivity contribution in [1.82, 2.24) is 31.9 Å². The topological polar surface area (TPSA) is 89.2 Å². The van der Waals surface area contributed by atoms with E-state index in [-0.39, 0.29) is 12.3 Å². The monoisotopic (exact) mass is 406 g/mol. The molecule has 6 unspecified atom stereocenters. The van der Waals surface area contributed by atoms with Crippen LogP contribution in [0.2, 0.25) is 0 Å². The number of halogens is 3. The summed E-state index contributed by atoms with van der Waals surface area (Å²) >= 11 is 0. The standard InChI is InChI=1S/C18H33F3N6O/c1-3-17(2,16(28)25-10-18(19,20)21)27-13-6-8-23-15(26-13)12-9-24-14-11(12)5-4-7-22-14/h11-15,22-24,26-27H,3-10H2,1-2H3,(H,25,28). The van der Waals surface area contributed by atoms with Gasteiger partial charge in [-0.05, 0) is 51.6 Å². The van der Waals surface area contributed by atoms with Gasteiger partial charge < -0.3 is 21.3 Å². The van der Waals surface area contributed by atoms with Gasteiger partial charge in [0, 0.05) is 12.5 Å². The predicted molar refractivity (Wildman–Crippen MR) is 100 cm³/mol. The van der Waals surface area contributed by atoms with Gasteiger partial charge in [-0.25, -0.2) is 0 Å². The Morgan fingerprint density at radius 1 is 1.07 bits per heavy atom. The molecule has 28 heavy (non-hydrogen) atoms. The summed E-state index contributed by atoms with van der Waals surface area (Å²) in [7, 11) is 0. The number of alkyl halides is 3. The van der Waals surface area contributed by atoms with Crippen LogP contribution < -0.4 is 31.9 Å². The van der Waals surface area contributed by atoms with E-state index in [0.29, 0.717) is 24.4 Å². The molecule has 0 saturated carbocycles. The number of carbonyl (C=O) groups excluding carboxylic acids is 1. The lowest BCUT2D eigenvalue weighted by molar-refractivity contribution is -0.142. The highest BCUT2D eigenvalue weighted by Crippen LogP contribution is 2.31. The van der Waals surface area contributed by atoms with Crippen LogP contribution in [0.4, 0.5) is 13.2 Å². The maximum Gasteiger partial charge on any atom is 0.405 e. The Labute approximate surface area is 164 Å². The zero-order chi connectivity index (χ0) is 20.4. The van der Waals surface area contributed by atoms with Gasteiger partial charge in [0.15, 0.2) is 0 Å². The van der Waals surface area contributed by atoms with Crippen molar-refractivity contribution in [2.24, 2.45) is 11.8 Å². The third-order valence-corrected chi connectivity index (χ3v) is 6.39. The second-order valence-corrected chi connectivity index (χ2v) is 8.38. The van der Waals surface area contributed by atoms with E-state index in [1.54, 1.807) is 13.8 Å². The molecule has 6 N–H and O–H groups in total. The summed E-state index contributed by atoms with van der Waals surface area (Å²) in [5, 5.41) is 19.5. The molecular formula is C18H33F3N6O. The highest BCUT2D eigenvalue weighted by Gasteiger charge is 2.43. The fraction of sp³-hybridized carbons (Fsp3) is 0.944.